The highest BCUT2D eigenvalue weighted by Crippen LogP contribution is 2.19. The van der Waals surface area contributed by atoms with E-state index in [-0.39, 0.29) is 11.5 Å². The highest BCUT2D eigenvalue weighted by Gasteiger charge is 2.20. The van der Waals surface area contributed by atoms with E-state index in [9.17, 15) is 4.79 Å². The van der Waals surface area contributed by atoms with Gasteiger partial charge in [-0.3, -0.25) is 9.48 Å². The Morgan fingerprint density at radius 3 is 2.71 bits per heavy atom. The molecule has 7 nitrogen and oxygen atoms in total. The third-order valence-corrected chi connectivity index (χ3v) is 3.43. The van der Waals surface area contributed by atoms with Crippen LogP contribution in [0.2, 0.25) is 0 Å². The monoisotopic (exact) mass is 353 g/mol. The van der Waals surface area contributed by atoms with Crippen molar-refractivity contribution in [3.63, 3.8) is 0 Å². The number of ketones is 1. The summed E-state index contributed by atoms with van der Waals surface area (Å²) >= 11 is 3.36. The molecule has 0 radical (unpaired) electrons. The van der Waals surface area contributed by atoms with Crippen LogP contribution in [0.25, 0.3) is 0 Å². The number of rotatable bonds is 6. The average molecular weight is 354 g/mol. The number of hydrogen-bond donors (Lipinski definition) is 0. The van der Waals surface area contributed by atoms with Gasteiger partial charge in [0.15, 0.2) is 0 Å². The van der Waals surface area contributed by atoms with Crippen LogP contribution in [0.4, 0.5) is 0 Å². The van der Waals surface area contributed by atoms with Crippen LogP contribution in [-0.4, -0.2) is 58.4 Å². The minimum atomic E-state index is -0.228. The number of nitrogens with zero attached hydrogens (tertiary/aromatic N) is 5. The lowest BCUT2D eigenvalue weighted by atomic mass is 10.2. The van der Waals surface area contributed by atoms with Crippen molar-refractivity contribution in [3.8, 4) is 5.88 Å². The molecule has 0 aromatic carbocycles. The van der Waals surface area contributed by atoms with Crippen molar-refractivity contribution in [3.05, 3.63) is 34.2 Å². The summed E-state index contributed by atoms with van der Waals surface area (Å²) in [6, 6.07) is 3.19. The Hall–Kier alpha value is -1.80. The summed E-state index contributed by atoms with van der Waals surface area (Å²) < 4.78 is 7.24. The molecule has 0 amide bonds. The van der Waals surface area contributed by atoms with E-state index in [0.717, 1.165) is 6.54 Å². The lowest BCUT2D eigenvalue weighted by Crippen LogP contribution is -2.22. The fourth-order valence-electron chi connectivity index (χ4n) is 1.72. The first-order valence-corrected chi connectivity index (χ1v) is 7.10. The predicted octanol–water partition coefficient (Wildman–Crippen LogP) is 1.24. The van der Waals surface area contributed by atoms with Gasteiger partial charge >= 0.3 is 0 Å². The molecule has 2 rings (SSSR count). The van der Waals surface area contributed by atoms with Crippen molar-refractivity contribution < 1.29 is 9.53 Å². The van der Waals surface area contributed by atoms with Crippen LogP contribution in [0.1, 0.15) is 16.2 Å². The zero-order valence-corrected chi connectivity index (χ0v) is 13.7. The Bertz CT molecular complexity index is 624. The Balaban J connectivity index is 2.27. The van der Waals surface area contributed by atoms with Gasteiger partial charge < -0.3 is 9.64 Å². The first-order valence-electron chi connectivity index (χ1n) is 6.31. The molecule has 2 heterocycles. The van der Waals surface area contributed by atoms with Crippen molar-refractivity contribution in [1.82, 2.24) is 24.9 Å². The predicted molar refractivity (Wildman–Crippen MR) is 80.5 cm³/mol. The van der Waals surface area contributed by atoms with Gasteiger partial charge in [0.1, 0.15) is 11.4 Å². The van der Waals surface area contributed by atoms with E-state index < -0.39 is 0 Å². The van der Waals surface area contributed by atoms with Crippen LogP contribution >= 0.6 is 15.9 Å². The third kappa shape index (κ3) is 3.64. The lowest BCUT2D eigenvalue weighted by Gasteiger charge is -2.11. The van der Waals surface area contributed by atoms with Crippen LogP contribution in [0.15, 0.2) is 22.8 Å². The van der Waals surface area contributed by atoms with Gasteiger partial charge in [0, 0.05) is 12.6 Å². The number of methoxy groups -OCH3 is 1. The summed E-state index contributed by atoms with van der Waals surface area (Å²) in [4.78, 5) is 14.6. The molecule has 0 saturated carbocycles. The zero-order valence-electron chi connectivity index (χ0n) is 12.1. The van der Waals surface area contributed by atoms with Crippen molar-refractivity contribution in [1.29, 1.82) is 0 Å². The maximum atomic E-state index is 12.5. The molecule has 0 N–H and O–H groups in total. The topological polar surface area (TPSA) is 73.1 Å². The largest absolute Gasteiger partial charge is 0.480 e. The molecule has 112 valence electrons. The molecule has 0 aliphatic rings. The van der Waals surface area contributed by atoms with E-state index in [1.807, 2.05) is 19.0 Å². The highest BCUT2D eigenvalue weighted by atomic mass is 79.9. The number of carbonyl (C=O) groups excluding carboxylic acids is 1. The van der Waals surface area contributed by atoms with E-state index in [2.05, 4.69) is 31.2 Å². The maximum absolute atomic E-state index is 12.5. The number of aromatic nitrogens is 4. The zero-order chi connectivity index (χ0) is 15.4. The number of hydrogen-bond acceptors (Lipinski definition) is 6. The van der Waals surface area contributed by atoms with E-state index in [0.29, 0.717) is 22.6 Å². The van der Waals surface area contributed by atoms with Gasteiger partial charge in [-0.1, -0.05) is 0 Å². The second-order valence-electron chi connectivity index (χ2n) is 4.66. The van der Waals surface area contributed by atoms with Gasteiger partial charge in [0.25, 0.3) is 0 Å². The molecule has 0 fully saturated rings. The van der Waals surface area contributed by atoms with Gasteiger partial charge in [0.2, 0.25) is 11.7 Å². The Morgan fingerprint density at radius 2 is 2.14 bits per heavy atom. The van der Waals surface area contributed by atoms with Crippen molar-refractivity contribution in [2.45, 2.75) is 6.54 Å². The summed E-state index contributed by atoms with van der Waals surface area (Å²) in [5, 5.41) is 11.9. The molecule has 0 spiro atoms. The SMILES string of the molecule is COc1ccc(C(=O)c2c(Br)cnn2CCN(C)C)nn1. The third-order valence-electron chi connectivity index (χ3n) is 2.85. The molecular formula is C13H16BrN5O2. The summed E-state index contributed by atoms with van der Waals surface area (Å²) in [7, 11) is 5.43. The van der Waals surface area contributed by atoms with E-state index in [4.69, 9.17) is 4.74 Å². The van der Waals surface area contributed by atoms with Gasteiger partial charge in [-0.05, 0) is 36.1 Å². The molecule has 2 aromatic rings. The van der Waals surface area contributed by atoms with Gasteiger partial charge in [0.05, 0.1) is 24.3 Å². The normalized spacial score (nSPS) is 10.9. The van der Waals surface area contributed by atoms with Crippen molar-refractivity contribution in [2.24, 2.45) is 0 Å². The van der Waals surface area contributed by atoms with Crippen molar-refractivity contribution in [2.75, 3.05) is 27.7 Å². The standard InChI is InChI=1S/C13H16BrN5O2/c1-18(2)6-7-19-12(9(14)8-15-19)13(20)10-4-5-11(21-3)17-16-10/h4-5,8H,6-7H2,1-3H3. The second kappa shape index (κ2) is 6.77. The summed E-state index contributed by atoms with van der Waals surface area (Å²) in [5.41, 5.74) is 0.722. The number of likely N-dealkylation sites (N-methyl/N-ethyl adjacent to an activating group) is 1. The smallest absolute Gasteiger partial charge is 0.233 e. The highest BCUT2D eigenvalue weighted by molar-refractivity contribution is 9.10. The van der Waals surface area contributed by atoms with Crippen molar-refractivity contribution >= 4 is 21.7 Å². The first-order chi connectivity index (χ1) is 10.0. The van der Waals surface area contributed by atoms with Crippen LogP contribution in [0.5, 0.6) is 5.88 Å². The Morgan fingerprint density at radius 1 is 1.38 bits per heavy atom. The molecule has 0 saturated heterocycles. The molecule has 0 aliphatic carbocycles. The quantitative estimate of drug-likeness (QED) is 0.727. The van der Waals surface area contributed by atoms with Crippen LogP contribution in [0.3, 0.4) is 0 Å². The lowest BCUT2D eigenvalue weighted by molar-refractivity contribution is 0.102. The Kier molecular flexibility index (Phi) is 5.03. The van der Waals surface area contributed by atoms with Gasteiger partial charge in [-0.15, -0.1) is 10.2 Å². The molecule has 21 heavy (non-hydrogen) atoms. The van der Waals surface area contributed by atoms with Crippen LogP contribution in [0, 0.1) is 0 Å². The minimum absolute atomic E-state index is 0.228. The maximum Gasteiger partial charge on any atom is 0.233 e. The molecule has 0 bridgehead atoms. The summed E-state index contributed by atoms with van der Waals surface area (Å²) in [5.74, 6) is 0.139. The van der Waals surface area contributed by atoms with Gasteiger partial charge in [-0.2, -0.15) is 5.10 Å². The molecule has 0 aliphatic heterocycles. The first kappa shape index (κ1) is 15.6. The van der Waals surface area contributed by atoms with Gasteiger partial charge in [-0.25, -0.2) is 0 Å². The summed E-state index contributed by atoms with van der Waals surface area (Å²) in [6.45, 7) is 1.39. The average Bonchev–Trinajstić information content (AvgIpc) is 2.85. The molecule has 2 aromatic heterocycles. The molecular weight excluding hydrogens is 338 g/mol. The molecule has 0 unspecified atom stereocenters. The number of carbonyl (C=O) groups is 1. The van der Waals surface area contributed by atoms with E-state index >= 15 is 0 Å². The Labute approximate surface area is 131 Å². The second-order valence-corrected chi connectivity index (χ2v) is 5.51. The molecule has 8 heteroatoms. The fourth-order valence-corrected chi connectivity index (χ4v) is 2.20. The van der Waals surface area contributed by atoms with E-state index in [1.54, 1.807) is 23.0 Å². The fraction of sp³-hybridized carbons (Fsp3) is 0.385. The van der Waals surface area contributed by atoms with Crippen LogP contribution in [-0.2, 0) is 6.54 Å². The number of ether oxygens (including phenoxy) is 1. The van der Waals surface area contributed by atoms with E-state index in [1.165, 1.54) is 7.11 Å². The summed E-state index contributed by atoms with van der Waals surface area (Å²) in [6.07, 6.45) is 1.61. The molecule has 0 atom stereocenters. The minimum Gasteiger partial charge on any atom is -0.480 e. The number of halogens is 1. The van der Waals surface area contributed by atoms with Crippen LogP contribution < -0.4 is 4.74 Å².